The number of aromatic nitrogens is 2. The molecule has 140 valence electrons. The molecule has 0 atom stereocenters. The summed E-state index contributed by atoms with van der Waals surface area (Å²) in [6.45, 7) is 1.16. The standard InChI is InChI=1S/C17H18F4N4O/c18-13-3-1-2-4-14(13)25-15(17(19,20)21)12(10-23-25)16(26)24-7-5-11(9-22)6-8-24/h1-4,10-11H,5-9,22H2. The van der Waals surface area contributed by atoms with Gasteiger partial charge in [-0.05, 0) is 37.4 Å². The van der Waals surface area contributed by atoms with Gasteiger partial charge >= 0.3 is 6.18 Å². The molecule has 2 aromatic rings. The minimum absolute atomic E-state index is 0.266. The maximum Gasteiger partial charge on any atom is 0.434 e. The van der Waals surface area contributed by atoms with Gasteiger partial charge in [-0.3, -0.25) is 4.79 Å². The van der Waals surface area contributed by atoms with Crippen LogP contribution in [0.25, 0.3) is 5.69 Å². The second-order valence-electron chi connectivity index (χ2n) is 6.24. The van der Waals surface area contributed by atoms with Crippen molar-refractivity contribution in [2.45, 2.75) is 19.0 Å². The average molecular weight is 370 g/mol. The van der Waals surface area contributed by atoms with Gasteiger partial charge in [0.05, 0.1) is 11.8 Å². The third-order valence-electron chi connectivity index (χ3n) is 4.58. The molecule has 1 fully saturated rings. The van der Waals surface area contributed by atoms with Gasteiger partial charge in [0.2, 0.25) is 0 Å². The summed E-state index contributed by atoms with van der Waals surface area (Å²) in [6.07, 6.45) is -2.72. The van der Waals surface area contributed by atoms with Crippen LogP contribution < -0.4 is 5.73 Å². The van der Waals surface area contributed by atoms with E-state index in [1.807, 2.05) is 0 Å². The maximum absolute atomic E-state index is 14.0. The molecular formula is C17H18F4N4O. The summed E-state index contributed by atoms with van der Waals surface area (Å²) in [5.41, 5.74) is 3.39. The summed E-state index contributed by atoms with van der Waals surface area (Å²) in [7, 11) is 0. The average Bonchev–Trinajstić information content (AvgIpc) is 3.07. The lowest BCUT2D eigenvalue weighted by Crippen LogP contribution is -2.40. The van der Waals surface area contributed by atoms with Gasteiger partial charge in [-0.15, -0.1) is 0 Å². The fourth-order valence-electron chi connectivity index (χ4n) is 3.13. The number of nitrogens with two attached hydrogens (primary N) is 1. The quantitative estimate of drug-likeness (QED) is 0.845. The van der Waals surface area contributed by atoms with Crippen molar-refractivity contribution in [3.8, 4) is 5.69 Å². The van der Waals surface area contributed by atoms with E-state index in [1.165, 1.54) is 23.1 Å². The number of hydrogen-bond donors (Lipinski definition) is 1. The first-order chi connectivity index (χ1) is 12.3. The van der Waals surface area contributed by atoms with E-state index in [0.29, 0.717) is 37.2 Å². The number of para-hydroxylation sites is 1. The summed E-state index contributed by atoms with van der Waals surface area (Å²) in [5.74, 6) is -1.35. The van der Waals surface area contributed by atoms with Gasteiger partial charge in [0.25, 0.3) is 5.91 Å². The molecule has 2 N–H and O–H groups in total. The predicted octanol–water partition coefficient (Wildman–Crippen LogP) is 2.84. The summed E-state index contributed by atoms with van der Waals surface area (Å²) >= 11 is 0. The van der Waals surface area contributed by atoms with Crippen LogP contribution in [0.4, 0.5) is 17.6 Å². The normalized spacial score (nSPS) is 16.1. The van der Waals surface area contributed by atoms with E-state index in [4.69, 9.17) is 5.73 Å². The summed E-state index contributed by atoms with van der Waals surface area (Å²) in [4.78, 5) is 14.0. The highest BCUT2D eigenvalue weighted by Crippen LogP contribution is 2.35. The van der Waals surface area contributed by atoms with Crippen molar-refractivity contribution in [2.75, 3.05) is 19.6 Å². The fourth-order valence-corrected chi connectivity index (χ4v) is 3.13. The van der Waals surface area contributed by atoms with Crippen LogP contribution in [0.3, 0.4) is 0 Å². The molecule has 26 heavy (non-hydrogen) atoms. The Kier molecular flexibility index (Phi) is 4.99. The number of carbonyl (C=O) groups is 1. The number of benzene rings is 1. The second kappa shape index (κ2) is 7.06. The summed E-state index contributed by atoms with van der Waals surface area (Å²) in [5, 5.41) is 3.65. The minimum atomic E-state index is -4.86. The van der Waals surface area contributed by atoms with E-state index in [0.717, 1.165) is 12.3 Å². The summed E-state index contributed by atoms with van der Waals surface area (Å²) < 4.78 is 55.3. The van der Waals surface area contributed by atoms with E-state index in [-0.39, 0.29) is 11.6 Å². The number of amides is 1. The van der Waals surface area contributed by atoms with Crippen LogP contribution in [0.15, 0.2) is 30.5 Å². The SMILES string of the molecule is NCC1CCN(C(=O)c2cnn(-c3ccccc3F)c2C(F)(F)F)CC1. The van der Waals surface area contributed by atoms with Crippen molar-refractivity contribution in [1.29, 1.82) is 0 Å². The molecule has 0 saturated carbocycles. The number of halogens is 4. The van der Waals surface area contributed by atoms with E-state index < -0.39 is 29.2 Å². The Hall–Kier alpha value is -2.42. The monoisotopic (exact) mass is 370 g/mol. The van der Waals surface area contributed by atoms with Crippen molar-refractivity contribution in [3.05, 3.63) is 47.5 Å². The molecule has 0 bridgehead atoms. The van der Waals surface area contributed by atoms with Gasteiger partial charge in [-0.1, -0.05) is 12.1 Å². The fraction of sp³-hybridized carbons (Fsp3) is 0.412. The van der Waals surface area contributed by atoms with Gasteiger partial charge < -0.3 is 10.6 Å². The third kappa shape index (κ3) is 3.44. The molecule has 0 radical (unpaired) electrons. The lowest BCUT2D eigenvalue weighted by atomic mass is 9.96. The molecule has 5 nitrogen and oxygen atoms in total. The largest absolute Gasteiger partial charge is 0.434 e. The highest BCUT2D eigenvalue weighted by molar-refractivity contribution is 5.95. The lowest BCUT2D eigenvalue weighted by Gasteiger charge is -2.31. The van der Waals surface area contributed by atoms with Crippen molar-refractivity contribution in [3.63, 3.8) is 0 Å². The van der Waals surface area contributed by atoms with Crippen molar-refractivity contribution < 1.29 is 22.4 Å². The molecule has 2 heterocycles. The number of hydrogen-bond acceptors (Lipinski definition) is 3. The van der Waals surface area contributed by atoms with Crippen molar-refractivity contribution >= 4 is 5.91 Å². The second-order valence-corrected chi connectivity index (χ2v) is 6.24. The van der Waals surface area contributed by atoms with Crippen LogP contribution in [-0.2, 0) is 6.18 Å². The summed E-state index contributed by atoms with van der Waals surface area (Å²) in [6, 6.07) is 4.98. The lowest BCUT2D eigenvalue weighted by molar-refractivity contribution is -0.143. The Morgan fingerprint density at radius 2 is 1.88 bits per heavy atom. The highest BCUT2D eigenvalue weighted by Gasteiger charge is 2.42. The smallest absolute Gasteiger partial charge is 0.339 e. The first-order valence-electron chi connectivity index (χ1n) is 8.22. The Morgan fingerprint density at radius 1 is 1.23 bits per heavy atom. The molecule has 0 aliphatic carbocycles. The van der Waals surface area contributed by atoms with E-state index in [1.54, 1.807) is 0 Å². The molecule has 0 unspecified atom stereocenters. The van der Waals surface area contributed by atoms with Gasteiger partial charge in [0.1, 0.15) is 11.5 Å². The Bertz CT molecular complexity index is 794. The molecule has 3 rings (SSSR count). The number of likely N-dealkylation sites (tertiary alicyclic amines) is 1. The topological polar surface area (TPSA) is 64.2 Å². The molecule has 9 heteroatoms. The predicted molar refractivity (Wildman–Crippen MR) is 86.2 cm³/mol. The zero-order valence-corrected chi connectivity index (χ0v) is 13.8. The molecule has 1 aliphatic heterocycles. The Balaban J connectivity index is 1.98. The van der Waals surface area contributed by atoms with Crippen LogP contribution in [0, 0.1) is 11.7 Å². The number of rotatable bonds is 3. The molecule has 0 spiro atoms. The number of alkyl halides is 3. The molecule has 1 aliphatic rings. The first kappa shape index (κ1) is 18.4. The molecule has 1 aromatic heterocycles. The number of carbonyl (C=O) groups excluding carboxylic acids is 1. The van der Waals surface area contributed by atoms with Crippen molar-refractivity contribution in [1.82, 2.24) is 14.7 Å². The van der Waals surface area contributed by atoms with Crippen molar-refractivity contribution in [2.24, 2.45) is 11.7 Å². The number of nitrogens with zero attached hydrogens (tertiary/aromatic N) is 3. The molecule has 1 amide bonds. The van der Waals surface area contributed by atoms with E-state index >= 15 is 0 Å². The van der Waals surface area contributed by atoms with Crippen LogP contribution in [0.1, 0.15) is 28.9 Å². The Morgan fingerprint density at radius 3 is 2.46 bits per heavy atom. The van der Waals surface area contributed by atoms with Gasteiger partial charge in [-0.2, -0.15) is 18.3 Å². The van der Waals surface area contributed by atoms with Crippen LogP contribution in [-0.4, -0.2) is 40.2 Å². The van der Waals surface area contributed by atoms with Crippen LogP contribution in [0.5, 0.6) is 0 Å². The van der Waals surface area contributed by atoms with Gasteiger partial charge in [0.15, 0.2) is 5.69 Å². The molecular weight excluding hydrogens is 352 g/mol. The van der Waals surface area contributed by atoms with E-state index in [2.05, 4.69) is 5.10 Å². The third-order valence-corrected chi connectivity index (χ3v) is 4.58. The van der Waals surface area contributed by atoms with Gasteiger partial charge in [0, 0.05) is 13.1 Å². The van der Waals surface area contributed by atoms with Crippen LogP contribution >= 0.6 is 0 Å². The zero-order valence-electron chi connectivity index (χ0n) is 13.8. The molecule has 1 saturated heterocycles. The zero-order chi connectivity index (χ0) is 18.9. The minimum Gasteiger partial charge on any atom is -0.339 e. The van der Waals surface area contributed by atoms with Gasteiger partial charge in [-0.25, -0.2) is 9.07 Å². The first-order valence-corrected chi connectivity index (χ1v) is 8.22. The Labute approximate surface area is 147 Å². The highest BCUT2D eigenvalue weighted by atomic mass is 19.4. The maximum atomic E-state index is 14.0. The number of piperidine rings is 1. The molecule has 1 aromatic carbocycles. The van der Waals surface area contributed by atoms with Crippen LogP contribution in [0.2, 0.25) is 0 Å². The van der Waals surface area contributed by atoms with E-state index in [9.17, 15) is 22.4 Å².